The van der Waals surface area contributed by atoms with Crippen LogP contribution in [0.2, 0.25) is 0 Å². The van der Waals surface area contributed by atoms with Crippen molar-refractivity contribution >= 4 is 11.5 Å². The quantitative estimate of drug-likeness (QED) is 0.613. The molecule has 2 atom stereocenters. The molecule has 0 saturated carbocycles. The lowest BCUT2D eigenvalue weighted by molar-refractivity contribution is 0.0951. The Morgan fingerprint density at radius 1 is 1.50 bits per heavy atom. The number of fused-ring (bicyclic) bond motifs is 1. The zero-order valence-corrected chi connectivity index (χ0v) is 12.6. The molecule has 3 heteroatoms. The van der Waals surface area contributed by atoms with Gasteiger partial charge in [0, 0.05) is 22.9 Å². The van der Waals surface area contributed by atoms with E-state index < -0.39 is 0 Å². The third-order valence-corrected chi connectivity index (χ3v) is 3.99. The van der Waals surface area contributed by atoms with E-state index in [1.165, 1.54) is 5.56 Å². The summed E-state index contributed by atoms with van der Waals surface area (Å²) in [6.45, 7) is 11.1. The Morgan fingerprint density at radius 2 is 2.25 bits per heavy atom. The van der Waals surface area contributed by atoms with Crippen LogP contribution in [0.4, 0.5) is 5.69 Å². The average molecular weight is 272 g/mol. The topological polar surface area (TPSA) is 41.1 Å². The monoisotopic (exact) mass is 272 g/mol. The first-order chi connectivity index (χ1) is 9.54. The second kappa shape index (κ2) is 6.23. The minimum absolute atomic E-state index is 0.132. The maximum atomic E-state index is 12.4. The Hall–Kier alpha value is -1.61. The van der Waals surface area contributed by atoms with Gasteiger partial charge in [0.05, 0.1) is 6.04 Å². The van der Waals surface area contributed by atoms with E-state index in [-0.39, 0.29) is 17.7 Å². The van der Waals surface area contributed by atoms with Gasteiger partial charge in [0.1, 0.15) is 0 Å². The van der Waals surface area contributed by atoms with Crippen LogP contribution in [0.3, 0.4) is 0 Å². The van der Waals surface area contributed by atoms with Crippen molar-refractivity contribution in [3.63, 3.8) is 0 Å². The van der Waals surface area contributed by atoms with E-state index in [0.29, 0.717) is 0 Å². The molecule has 0 aliphatic carbocycles. The van der Waals surface area contributed by atoms with E-state index in [1.807, 2.05) is 25.1 Å². The number of anilines is 1. The van der Waals surface area contributed by atoms with Gasteiger partial charge >= 0.3 is 0 Å². The molecule has 0 saturated heterocycles. The molecule has 0 amide bonds. The lowest BCUT2D eigenvalue weighted by Crippen LogP contribution is -2.34. The highest BCUT2D eigenvalue weighted by molar-refractivity contribution is 6.00. The van der Waals surface area contributed by atoms with Crippen LogP contribution in [0.15, 0.2) is 30.5 Å². The van der Waals surface area contributed by atoms with Crippen LogP contribution >= 0.6 is 0 Å². The number of carbonyl (C=O) groups excluding carboxylic acids is 1. The normalized spacial score (nSPS) is 18.6. The van der Waals surface area contributed by atoms with E-state index in [2.05, 4.69) is 31.1 Å². The first-order valence-electron chi connectivity index (χ1n) is 7.42. The van der Waals surface area contributed by atoms with Crippen molar-refractivity contribution in [2.75, 3.05) is 11.9 Å². The van der Waals surface area contributed by atoms with E-state index >= 15 is 0 Å². The molecule has 2 rings (SSSR count). The summed E-state index contributed by atoms with van der Waals surface area (Å²) in [4.78, 5) is 12.4. The fraction of sp³-hybridized carbons (Fsp3) is 0.471. The summed E-state index contributed by atoms with van der Waals surface area (Å²) in [7, 11) is 0. The maximum Gasteiger partial charge on any atom is 0.179 e. The van der Waals surface area contributed by atoms with Gasteiger partial charge in [-0.1, -0.05) is 26.8 Å². The van der Waals surface area contributed by atoms with Crippen molar-refractivity contribution in [1.29, 1.82) is 0 Å². The van der Waals surface area contributed by atoms with Crippen LogP contribution in [-0.2, 0) is 0 Å². The largest absolute Gasteiger partial charge is 0.359 e. The van der Waals surface area contributed by atoms with E-state index in [1.54, 1.807) is 0 Å². The van der Waals surface area contributed by atoms with Crippen molar-refractivity contribution in [3.05, 3.63) is 41.6 Å². The van der Waals surface area contributed by atoms with Gasteiger partial charge in [-0.25, -0.2) is 0 Å². The number of rotatable bonds is 6. The molecule has 1 aromatic rings. The molecule has 20 heavy (non-hydrogen) atoms. The SMILES string of the molecule is C=C1Nc2ccc(C(=O)C(C)NCCCC)cc2C1C. The lowest BCUT2D eigenvalue weighted by Gasteiger charge is -2.13. The lowest BCUT2D eigenvalue weighted by atomic mass is 9.96. The molecular weight excluding hydrogens is 248 g/mol. The number of hydrogen-bond donors (Lipinski definition) is 2. The standard InChI is InChI=1S/C17H24N2O/c1-5-6-9-18-13(4)17(20)14-7-8-16-15(10-14)11(2)12(3)19-16/h7-8,10-11,13,18-19H,3,5-6,9H2,1-2,4H3. The molecule has 0 aromatic heterocycles. The van der Waals surface area contributed by atoms with Gasteiger partial charge in [0.2, 0.25) is 0 Å². The third kappa shape index (κ3) is 2.93. The molecular formula is C17H24N2O. The number of hydrogen-bond acceptors (Lipinski definition) is 3. The minimum atomic E-state index is -0.132. The maximum absolute atomic E-state index is 12.4. The fourth-order valence-corrected chi connectivity index (χ4v) is 2.50. The van der Waals surface area contributed by atoms with E-state index in [4.69, 9.17) is 0 Å². The summed E-state index contributed by atoms with van der Waals surface area (Å²) in [5, 5.41) is 6.55. The van der Waals surface area contributed by atoms with Crippen LogP contribution in [0.1, 0.15) is 55.5 Å². The van der Waals surface area contributed by atoms with Gasteiger partial charge in [-0.3, -0.25) is 4.79 Å². The number of Topliss-reactive ketones (excluding diaryl/α,β-unsaturated/α-hetero) is 1. The predicted octanol–water partition coefficient (Wildman–Crippen LogP) is 3.69. The van der Waals surface area contributed by atoms with Crippen LogP contribution in [0.25, 0.3) is 0 Å². The van der Waals surface area contributed by atoms with Gasteiger partial charge in [-0.05, 0) is 43.7 Å². The van der Waals surface area contributed by atoms with Gasteiger partial charge < -0.3 is 10.6 Å². The second-order valence-electron chi connectivity index (χ2n) is 5.57. The highest BCUT2D eigenvalue weighted by atomic mass is 16.1. The van der Waals surface area contributed by atoms with Gasteiger partial charge in [-0.15, -0.1) is 0 Å². The number of carbonyl (C=O) groups is 1. The second-order valence-corrected chi connectivity index (χ2v) is 5.57. The third-order valence-electron chi connectivity index (χ3n) is 3.99. The molecule has 1 aromatic carbocycles. The molecule has 2 unspecified atom stereocenters. The predicted molar refractivity (Wildman–Crippen MR) is 84.3 cm³/mol. The molecule has 1 aliphatic rings. The molecule has 0 fully saturated rings. The van der Waals surface area contributed by atoms with Crippen LogP contribution in [0, 0.1) is 0 Å². The van der Waals surface area contributed by atoms with Gasteiger partial charge in [-0.2, -0.15) is 0 Å². The highest BCUT2D eigenvalue weighted by Gasteiger charge is 2.24. The molecule has 3 nitrogen and oxygen atoms in total. The van der Waals surface area contributed by atoms with Crippen LogP contribution in [-0.4, -0.2) is 18.4 Å². The summed E-state index contributed by atoms with van der Waals surface area (Å²) in [6, 6.07) is 5.76. The molecule has 2 N–H and O–H groups in total. The Labute approximate surface area is 121 Å². The van der Waals surface area contributed by atoms with Gasteiger partial charge in [0.15, 0.2) is 5.78 Å². The first kappa shape index (κ1) is 14.8. The summed E-state index contributed by atoms with van der Waals surface area (Å²) < 4.78 is 0. The van der Waals surface area contributed by atoms with E-state index in [0.717, 1.165) is 36.3 Å². The smallest absolute Gasteiger partial charge is 0.179 e. The van der Waals surface area contributed by atoms with Crippen molar-refractivity contribution in [2.24, 2.45) is 0 Å². The summed E-state index contributed by atoms with van der Waals surface area (Å²) in [5.74, 6) is 0.426. The van der Waals surface area contributed by atoms with Crippen molar-refractivity contribution in [1.82, 2.24) is 5.32 Å². The fourth-order valence-electron chi connectivity index (χ4n) is 2.50. The zero-order valence-electron chi connectivity index (χ0n) is 12.6. The highest BCUT2D eigenvalue weighted by Crippen LogP contribution is 2.37. The number of allylic oxidation sites excluding steroid dienone is 1. The summed E-state index contributed by atoms with van der Waals surface area (Å²) in [5.41, 5.74) is 4.02. The number of ketones is 1. The van der Waals surface area contributed by atoms with E-state index in [9.17, 15) is 4.79 Å². The summed E-state index contributed by atoms with van der Waals surface area (Å²) >= 11 is 0. The Kier molecular flexibility index (Phi) is 4.61. The molecule has 0 radical (unpaired) electrons. The summed E-state index contributed by atoms with van der Waals surface area (Å²) in [6.07, 6.45) is 2.24. The van der Waals surface area contributed by atoms with Crippen molar-refractivity contribution in [3.8, 4) is 0 Å². The molecule has 0 spiro atoms. The first-order valence-corrected chi connectivity index (χ1v) is 7.42. The molecule has 1 heterocycles. The average Bonchev–Trinajstić information content (AvgIpc) is 2.73. The van der Waals surface area contributed by atoms with Crippen molar-refractivity contribution < 1.29 is 4.79 Å². The number of benzene rings is 1. The Balaban J connectivity index is 2.10. The zero-order chi connectivity index (χ0) is 14.7. The number of unbranched alkanes of at least 4 members (excludes halogenated alkanes) is 1. The van der Waals surface area contributed by atoms with Crippen molar-refractivity contribution in [2.45, 2.75) is 45.6 Å². The Morgan fingerprint density at radius 3 is 2.95 bits per heavy atom. The Bertz CT molecular complexity index is 522. The molecule has 0 bridgehead atoms. The van der Waals surface area contributed by atoms with Crippen LogP contribution < -0.4 is 10.6 Å². The minimum Gasteiger partial charge on any atom is -0.359 e. The molecule has 1 aliphatic heterocycles. The van der Waals surface area contributed by atoms with Crippen LogP contribution in [0.5, 0.6) is 0 Å². The molecule has 108 valence electrons. The number of nitrogens with one attached hydrogen (secondary N) is 2. The van der Waals surface area contributed by atoms with Gasteiger partial charge in [0.25, 0.3) is 0 Å².